The van der Waals surface area contributed by atoms with E-state index < -0.39 is 0 Å². The molecular formula is C18H15N5OS. The second-order valence-electron chi connectivity index (χ2n) is 5.43. The summed E-state index contributed by atoms with van der Waals surface area (Å²) in [5.74, 6) is 0.766. The quantitative estimate of drug-likeness (QED) is 0.550. The zero-order chi connectivity index (χ0) is 17.1. The monoisotopic (exact) mass is 349 g/mol. The molecule has 4 aromatic rings. The van der Waals surface area contributed by atoms with Crippen LogP contribution in [0, 0.1) is 6.92 Å². The van der Waals surface area contributed by atoms with E-state index in [2.05, 4.69) is 32.6 Å². The fraction of sp³-hybridized carbons (Fsp3) is 0.111. The number of hydrogen-bond donors (Lipinski definition) is 0. The minimum Gasteiger partial charge on any atom is -0.488 e. The van der Waals surface area contributed by atoms with E-state index >= 15 is 0 Å². The Kier molecular flexibility index (Phi) is 4.22. The van der Waals surface area contributed by atoms with Gasteiger partial charge in [0.05, 0.1) is 16.3 Å². The van der Waals surface area contributed by atoms with Gasteiger partial charge in [0.15, 0.2) is 0 Å². The third-order valence-corrected chi connectivity index (χ3v) is 4.89. The molecule has 124 valence electrons. The lowest BCUT2D eigenvalue weighted by atomic mass is 10.2. The molecular weight excluding hydrogens is 334 g/mol. The highest BCUT2D eigenvalue weighted by Crippen LogP contribution is 2.28. The van der Waals surface area contributed by atoms with Gasteiger partial charge in [0, 0.05) is 11.6 Å². The van der Waals surface area contributed by atoms with E-state index in [1.165, 1.54) is 0 Å². The normalized spacial score (nSPS) is 10.8. The molecule has 0 radical (unpaired) electrons. The highest BCUT2D eigenvalue weighted by Gasteiger charge is 2.10. The molecule has 0 fully saturated rings. The summed E-state index contributed by atoms with van der Waals surface area (Å²) in [5.41, 5.74) is 2.98. The molecule has 0 saturated heterocycles. The van der Waals surface area contributed by atoms with Gasteiger partial charge in [-0.1, -0.05) is 36.4 Å². The van der Waals surface area contributed by atoms with Crippen molar-refractivity contribution in [2.45, 2.75) is 13.5 Å². The van der Waals surface area contributed by atoms with Crippen LogP contribution in [0.25, 0.3) is 16.3 Å². The molecule has 0 N–H and O–H groups in total. The summed E-state index contributed by atoms with van der Waals surface area (Å²) in [4.78, 5) is 5.78. The maximum absolute atomic E-state index is 5.95. The molecule has 0 aliphatic heterocycles. The molecule has 0 saturated carbocycles. The molecule has 0 atom stereocenters. The number of thiazole rings is 1. The van der Waals surface area contributed by atoms with Crippen LogP contribution < -0.4 is 4.74 Å². The minimum absolute atomic E-state index is 0.482. The number of nitrogens with zero attached hydrogens (tertiary/aromatic N) is 5. The van der Waals surface area contributed by atoms with Crippen LogP contribution in [0.1, 0.15) is 10.6 Å². The van der Waals surface area contributed by atoms with Crippen LogP contribution in [0.4, 0.5) is 0 Å². The molecule has 7 heteroatoms. The van der Waals surface area contributed by atoms with Crippen LogP contribution in [0.2, 0.25) is 0 Å². The number of rotatable bonds is 5. The van der Waals surface area contributed by atoms with Gasteiger partial charge in [0.2, 0.25) is 0 Å². The van der Waals surface area contributed by atoms with Crippen molar-refractivity contribution in [2.75, 3.05) is 0 Å². The predicted octanol–water partition coefficient (Wildman–Crippen LogP) is 3.67. The van der Waals surface area contributed by atoms with Crippen LogP contribution in [-0.2, 0) is 6.61 Å². The van der Waals surface area contributed by atoms with Crippen molar-refractivity contribution in [1.29, 1.82) is 0 Å². The van der Waals surface area contributed by atoms with Crippen molar-refractivity contribution < 1.29 is 4.74 Å². The summed E-state index contributed by atoms with van der Waals surface area (Å²) in [6.07, 6.45) is 1.55. The smallest absolute Gasteiger partial charge is 0.143 e. The largest absolute Gasteiger partial charge is 0.488 e. The Morgan fingerprint density at radius 1 is 1.08 bits per heavy atom. The third kappa shape index (κ3) is 3.41. The molecule has 25 heavy (non-hydrogen) atoms. The van der Waals surface area contributed by atoms with Gasteiger partial charge < -0.3 is 4.74 Å². The van der Waals surface area contributed by atoms with Gasteiger partial charge in [-0.15, -0.1) is 16.4 Å². The Balaban J connectivity index is 1.51. The van der Waals surface area contributed by atoms with Gasteiger partial charge in [-0.2, -0.15) is 0 Å². The molecule has 0 bridgehead atoms. The van der Waals surface area contributed by atoms with E-state index in [1.807, 2.05) is 49.4 Å². The summed E-state index contributed by atoms with van der Waals surface area (Å²) in [7, 11) is 0. The van der Waals surface area contributed by atoms with Crippen molar-refractivity contribution in [3.8, 4) is 22.0 Å². The van der Waals surface area contributed by atoms with Crippen LogP contribution >= 0.6 is 11.3 Å². The second-order valence-corrected chi connectivity index (χ2v) is 6.52. The van der Waals surface area contributed by atoms with Crippen LogP contribution in [0.5, 0.6) is 5.75 Å². The summed E-state index contributed by atoms with van der Waals surface area (Å²) in [6.45, 7) is 2.49. The SMILES string of the molecule is Cc1nc(-c2ccccc2)sc1COc1cccc(-n2cnnn2)c1. The van der Waals surface area contributed by atoms with Crippen LogP contribution in [-0.4, -0.2) is 25.2 Å². The predicted molar refractivity (Wildman–Crippen MR) is 95.8 cm³/mol. The average molecular weight is 349 g/mol. The molecule has 0 unspecified atom stereocenters. The minimum atomic E-state index is 0.482. The maximum Gasteiger partial charge on any atom is 0.143 e. The molecule has 6 nitrogen and oxygen atoms in total. The lowest BCUT2D eigenvalue weighted by Crippen LogP contribution is -1.98. The Morgan fingerprint density at radius 2 is 1.96 bits per heavy atom. The standard InChI is InChI=1S/C18H15N5OS/c1-13-17(25-18(20-13)14-6-3-2-4-7-14)11-24-16-9-5-8-15(10-16)23-12-19-21-22-23/h2-10,12H,11H2,1H3. The highest BCUT2D eigenvalue weighted by molar-refractivity contribution is 7.15. The zero-order valence-electron chi connectivity index (χ0n) is 13.5. The van der Waals surface area contributed by atoms with Crippen molar-refractivity contribution in [1.82, 2.24) is 25.2 Å². The summed E-state index contributed by atoms with van der Waals surface area (Å²) in [5, 5.41) is 12.2. The zero-order valence-corrected chi connectivity index (χ0v) is 14.3. The highest BCUT2D eigenvalue weighted by atomic mass is 32.1. The van der Waals surface area contributed by atoms with Crippen molar-refractivity contribution in [3.05, 3.63) is 71.5 Å². The van der Waals surface area contributed by atoms with Crippen molar-refractivity contribution in [2.24, 2.45) is 0 Å². The number of aryl methyl sites for hydroxylation is 1. The fourth-order valence-corrected chi connectivity index (χ4v) is 3.39. The number of ether oxygens (including phenoxy) is 1. The number of aromatic nitrogens is 5. The Bertz CT molecular complexity index is 966. The van der Waals surface area contributed by atoms with Gasteiger partial charge in [-0.3, -0.25) is 0 Å². The Morgan fingerprint density at radius 3 is 2.76 bits per heavy atom. The Labute approximate surface area is 148 Å². The van der Waals surface area contributed by atoms with E-state index in [9.17, 15) is 0 Å². The third-order valence-electron chi connectivity index (χ3n) is 3.71. The molecule has 2 aromatic heterocycles. The van der Waals surface area contributed by atoms with E-state index in [4.69, 9.17) is 4.74 Å². The van der Waals surface area contributed by atoms with Crippen molar-refractivity contribution >= 4 is 11.3 Å². The molecule has 0 aliphatic carbocycles. The second kappa shape index (κ2) is 6.82. The number of benzene rings is 2. The molecule has 0 aliphatic rings. The average Bonchev–Trinajstić information content (AvgIpc) is 3.31. The van der Waals surface area contributed by atoms with E-state index in [0.29, 0.717) is 6.61 Å². The first kappa shape index (κ1) is 15.5. The summed E-state index contributed by atoms with van der Waals surface area (Å²) < 4.78 is 7.54. The fourth-order valence-electron chi connectivity index (χ4n) is 2.41. The van der Waals surface area contributed by atoms with Crippen molar-refractivity contribution in [3.63, 3.8) is 0 Å². The van der Waals surface area contributed by atoms with E-state index in [0.717, 1.165) is 32.6 Å². The lowest BCUT2D eigenvalue weighted by molar-refractivity contribution is 0.308. The topological polar surface area (TPSA) is 65.7 Å². The first-order valence-corrected chi connectivity index (χ1v) is 8.59. The van der Waals surface area contributed by atoms with Gasteiger partial charge in [-0.25, -0.2) is 9.67 Å². The maximum atomic E-state index is 5.95. The molecule has 4 rings (SSSR count). The van der Waals surface area contributed by atoms with Crippen LogP contribution in [0.3, 0.4) is 0 Å². The van der Waals surface area contributed by atoms with Gasteiger partial charge in [0.1, 0.15) is 23.7 Å². The summed E-state index contributed by atoms with van der Waals surface area (Å²) in [6, 6.07) is 17.9. The van der Waals surface area contributed by atoms with Gasteiger partial charge >= 0.3 is 0 Å². The lowest BCUT2D eigenvalue weighted by Gasteiger charge is -2.07. The van der Waals surface area contributed by atoms with Crippen LogP contribution in [0.15, 0.2) is 60.9 Å². The summed E-state index contributed by atoms with van der Waals surface area (Å²) >= 11 is 1.66. The molecule has 2 aromatic carbocycles. The molecule has 0 spiro atoms. The number of tetrazole rings is 1. The van der Waals surface area contributed by atoms with E-state index in [1.54, 1.807) is 22.3 Å². The van der Waals surface area contributed by atoms with Gasteiger partial charge in [-0.05, 0) is 29.5 Å². The Hall–Kier alpha value is -3.06. The number of hydrogen-bond acceptors (Lipinski definition) is 6. The van der Waals surface area contributed by atoms with Gasteiger partial charge in [0.25, 0.3) is 0 Å². The molecule has 2 heterocycles. The molecule has 0 amide bonds. The first-order valence-electron chi connectivity index (χ1n) is 7.77. The first-order chi connectivity index (χ1) is 12.3. The van der Waals surface area contributed by atoms with E-state index in [-0.39, 0.29) is 0 Å².